The molecule has 0 bridgehead atoms. The Bertz CT molecular complexity index is 409. The van der Waals surface area contributed by atoms with Crippen LogP contribution in [-0.4, -0.2) is 27.8 Å². The average molecular weight is 252 g/mol. The maximum Gasteiger partial charge on any atom is 0.239 e. The van der Waals surface area contributed by atoms with Crippen molar-refractivity contribution in [3.8, 4) is 0 Å². The van der Waals surface area contributed by atoms with Crippen molar-refractivity contribution in [2.45, 2.75) is 46.2 Å². The second-order valence-electron chi connectivity index (χ2n) is 4.97. The van der Waals surface area contributed by atoms with Crippen molar-refractivity contribution in [2.75, 3.05) is 6.54 Å². The van der Waals surface area contributed by atoms with Gasteiger partial charge < -0.3 is 10.6 Å². The number of aromatic nitrogens is 2. The van der Waals surface area contributed by atoms with E-state index in [2.05, 4.69) is 22.7 Å². The first-order valence-electron chi connectivity index (χ1n) is 6.45. The summed E-state index contributed by atoms with van der Waals surface area (Å²) in [5.41, 5.74) is 1.59. The summed E-state index contributed by atoms with van der Waals surface area (Å²) in [6.07, 6.45) is 2.84. The van der Waals surface area contributed by atoms with Gasteiger partial charge in [0.15, 0.2) is 0 Å². The van der Waals surface area contributed by atoms with Gasteiger partial charge in [-0.2, -0.15) is 5.10 Å². The standard InChI is InChI=1S/C13H24N4O/c1-6-11-10(9-17(5)16-11)8-14-12(18)13(3,4)15-7-2/h9,15H,6-8H2,1-5H3,(H,14,18). The van der Waals surface area contributed by atoms with E-state index in [4.69, 9.17) is 0 Å². The van der Waals surface area contributed by atoms with Crippen LogP contribution in [0.5, 0.6) is 0 Å². The van der Waals surface area contributed by atoms with Crippen LogP contribution in [0, 0.1) is 0 Å². The van der Waals surface area contributed by atoms with E-state index >= 15 is 0 Å². The highest BCUT2D eigenvalue weighted by Crippen LogP contribution is 2.08. The van der Waals surface area contributed by atoms with E-state index in [1.807, 2.05) is 34.0 Å². The quantitative estimate of drug-likeness (QED) is 0.793. The van der Waals surface area contributed by atoms with E-state index in [9.17, 15) is 4.79 Å². The molecule has 1 aromatic rings. The zero-order chi connectivity index (χ0) is 13.8. The number of amides is 1. The Morgan fingerprint density at radius 2 is 2.11 bits per heavy atom. The summed E-state index contributed by atoms with van der Waals surface area (Å²) in [6, 6.07) is 0. The monoisotopic (exact) mass is 252 g/mol. The third kappa shape index (κ3) is 3.57. The molecule has 0 unspecified atom stereocenters. The molecule has 102 valence electrons. The van der Waals surface area contributed by atoms with E-state index in [1.54, 1.807) is 4.68 Å². The van der Waals surface area contributed by atoms with Crippen molar-refractivity contribution in [3.63, 3.8) is 0 Å². The van der Waals surface area contributed by atoms with Gasteiger partial charge in [0.1, 0.15) is 0 Å². The smallest absolute Gasteiger partial charge is 0.239 e. The minimum absolute atomic E-state index is 0.00950. The fourth-order valence-electron chi connectivity index (χ4n) is 1.95. The van der Waals surface area contributed by atoms with Crippen LogP contribution in [0.2, 0.25) is 0 Å². The lowest BCUT2D eigenvalue weighted by molar-refractivity contribution is -0.126. The van der Waals surface area contributed by atoms with Crippen LogP contribution in [-0.2, 0) is 24.8 Å². The van der Waals surface area contributed by atoms with Crippen molar-refractivity contribution in [1.29, 1.82) is 0 Å². The number of hydrogen-bond acceptors (Lipinski definition) is 3. The third-order valence-electron chi connectivity index (χ3n) is 2.95. The van der Waals surface area contributed by atoms with Gasteiger partial charge in [-0.15, -0.1) is 0 Å². The van der Waals surface area contributed by atoms with Crippen molar-refractivity contribution in [1.82, 2.24) is 20.4 Å². The lowest BCUT2D eigenvalue weighted by Gasteiger charge is -2.24. The molecule has 1 aromatic heterocycles. The Balaban J connectivity index is 2.62. The van der Waals surface area contributed by atoms with E-state index in [0.29, 0.717) is 6.54 Å². The Morgan fingerprint density at radius 1 is 1.44 bits per heavy atom. The molecule has 5 heteroatoms. The Morgan fingerprint density at radius 3 is 2.67 bits per heavy atom. The predicted molar refractivity (Wildman–Crippen MR) is 72.2 cm³/mol. The Labute approximate surface area is 109 Å². The Kier molecular flexibility index (Phi) is 4.90. The SMILES string of the molecule is CCNC(C)(C)C(=O)NCc1cn(C)nc1CC. The first-order chi connectivity index (χ1) is 8.40. The summed E-state index contributed by atoms with van der Waals surface area (Å²) >= 11 is 0. The number of nitrogens with one attached hydrogen (secondary N) is 2. The van der Waals surface area contributed by atoms with Gasteiger partial charge in [0.2, 0.25) is 5.91 Å². The van der Waals surface area contributed by atoms with E-state index in [-0.39, 0.29) is 5.91 Å². The fourth-order valence-corrected chi connectivity index (χ4v) is 1.95. The fraction of sp³-hybridized carbons (Fsp3) is 0.692. The molecule has 1 heterocycles. The first-order valence-corrected chi connectivity index (χ1v) is 6.45. The van der Waals surface area contributed by atoms with Crippen LogP contribution in [0.25, 0.3) is 0 Å². The highest BCUT2D eigenvalue weighted by Gasteiger charge is 2.25. The highest BCUT2D eigenvalue weighted by molar-refractivity contribution is 5.85. The molecule has 0 aliphatic rings. The summed E-state index contributed by atoms with van der Waals surface area (Å²) in [6.45, 7) is 9.13. The van der Waals surface area contributed by atoms with Crippen LogP contribution in [0.4, 0.5) is 0 Å². The van der Waals surface area contributed by atoms with Gasteiger partial charge in [-0.3, -0.25) is 9.48 Å². The van der Waals surface area contributed by atoms with Crippen LogP contribution in [0.3, 0.4) is 0 Å². The number of aryl methyl sites for hydroxylation is 2. The number of likely N-dealkylation sites (N-methyl/N-ethyl adjacent to an activating group) is 1. The highest BCUT2D eigenvalue weighted by atomic mass is 16.2. The second kappa shape index (κ2) is 6.00. The number of carbonyl (C=O) groups is 1. The molecular weight excluding hydrogens is 228 g/mol. The molecule has 0 spiro atoms. The van der Waals surface area contributed by atoms with Crippen molar-refractivity contribution < 1.29 is 4.79 Å². The summed E-state index contributed by atoms with van der Waals surface area (Å²) in [7, 11) is 1.90. The molecule has 0 atom stereocenters. The lowest BCUT2D eigenvalue weighted by Crippen LogP contribution is -2.52. The Hall–Kier alpha value is -1.36. The van der Waals surface area contributed by atoms with E-state index in [0.717, 1.165) is 24.2 Å². The van der Waals surface area contributed by atoms with Crippen LogP contribution >= 0.6 is 0 Å². The molecule has 0 aliphatic carbocycles. The van der Waals surface area contributed by atoms with E-state index < -0.39 is 5.54 Å². The number of rotatable bonds is 6. The van der Waals surface area contributed by atoms with Gasteiger partial charge in [0, 0.05) is 25.4 Å². The largest absolute Gasteiger partial charge is 0.350 e. The molecule has 0 saturated heterocycles. The second-order valence-corrected chi connectivity index (χ2v) is 4.97. The average Bonchev–Trinajstić information content (AvgIpc) is 2.66. The van der Waals surface area contributed by atoms with Crippen LogP contribution in [0.15, 0.2) is 6.20 Å². The van der Waals surface area contributed by atoms with Gasteiger partial charge >= 0.3 is 0 Å². The minimum atomic E-state index is -0.538. The van der Waals surface area contributed by atoms with Crippen molar-refractivity contribution >= 4 is 5.91 Å². The van der Waals surface area contributed by atoms with Gasteiger partial charge in [-0.05, 0) is 26.8 Å². The molecule has 0 aromatic carbocycles. The summed E-state index contributed by atoms with van der Waals surface area (Å²) in [4.78, 5) is 12.0. The lowest BCUT2D eigenvalue weighted by atomic mass is 10.0. The molecule has 0 fully saturated rings. The zero-order valence-corrected chi connectivity index (χ0v) is 12.0. The van der Waals surface area contributed by atoms with Crippen LogP contribution in [0.1, 0.15) is 39.0 Å². The van der Waals surface area contributed by atoms with Gasteiger partial charge in [-0.25, -0.2) is 0 Å². The molecule has 5 nitrogen and oxygen atoms in total. The molecule has 1 rings (SSSR count). The van der Waals surface area contributed by atoms with Gasteiger partial charge in [0.05, 0.1) is 11.2 Å². The molecule has 0 radical (unpaired) electrons. The molecule has 18 heavy (non-hydrogen) atoms. The summed E-state index contributed by atoms with van der Waals surface area (Å²) in [5.74, 6) is 0.00950. The van der Waals surface area contributed by atoms with Crippen molar-refractivity contribution in [3.05, 3.63) is 17.5 Å². The van der Waals surface area contributed by atoms with Gasteiger partial charge in [0.25, 0.3) is 0 Å². The molecular formula is C13H24N4O. The number of carbonyl (C=O) groups excluding carboxylic acids is 1. The molecule has 2 N–H and O–H groups in total. The van der Waals surface area contributed by atoms with Crippen molar-refractivity contribution in [2.24, 2.45) is 7.05 Å². The number of hydrogen-bond donors (Lipinski definition) is 2. The molecule has 0 saturated carbocycles. The minimum Gasteiger partial charge on any atom is -0.350 e. The third-order valence-corrected chi connectivity index (χ3v) is 2.95. The topological polar surface area (TPSA) is 59.0 Å². The predicted octanol–water partition coefficient (Wildman–Crippen LogP) is 0.987. The zero-order valence-electron chi connectivity index (χ0n) is 12.0. The number of nitrogens with zero attached hydrogens (tertiary/aromatic N) is 2. The normalized spacial score (nSPS) is 11.6. The van der Waals surface area contributed by atoms with Gasteiger partial charge in [-0.1, -0.05) is 13.8 Å². The summed E-state index contributed by atoms with van der Waals surface area (Å²) in [5, 5.41) is 10.5. The molecule has 0 aliphatic heterocycles. The van der Waals surface area contributed by atoms with Crippen LogP contribution < -0.4 is 10.6 Å². The maximum absolute atomic E-state index is 12.0. The molecule has 1 amide bonds. The summed E-state index contributed by atoms with van der Waals surface area (Å²) < 4.78 is 1.79. The van der Waals surface area contributed by atoms with E-state index in [1.165, 1.54) is 0 Å². The maximum atomic E-state index is 12.0. The first kappa shape index (κ1) is 14.7.